The van der Waals surface area contributed by atoms with Gasteiger partial charge in [0.1, 0.15) is 5.01 Å². The smallest absolute Gasteiger partial charge is 0.124 e. The Morgan fingerprint density at radius 3 is 2.13 bits per heavy atom. The van der Waals surface area contributed by atoms with E-state index in [-0.39, 0.29) is 0 Å². The molecule has 0 spiro atoms. The molecule has 4 nitrogen and oxygen atoms in total. The second kappa shape index (κ2) is 8.71. The summed E-state index contributed by atoms with van der Waals surface area (Å²) in [5.41, 5.74) is 8.04. The largest absolute Gasteiger partial charge is 0.309 e. The summed E-state index contributed by atoms with van der Waals surface area (Å²) in [6.45, 7) is 0. The molecule has 0 atom stereocenters. The van der Waals surface area contributed by atoms with Crippen LogP contribution in [0.3, 0.4) is 0 Å². The van der Waals surface area contributed by atoms with Crippen LogP contribution >= 0.6 is 11.3 Å². The van der Waals surface area contributed by atoms with Crippen LogP contribution in [0.2, 0.25) is 0 Å². The standard InChI is InChI=1S/C33H18N4S/c34-19-21-13-22(20-35)15-25(14-21)24-9-6-10-26(16-24)37-30-12-5-4-11-27(30)28-17-32-29(18-31(28)37)36-33(38-32)23-7-2-1-3-8-23/h1-18H. The maximum Gasteiger partial charge on any atom is 0.124 e. The lowest BCUT2D eigenvalue weighted by Gasteiger charge is -2.11. The molecule has 5 aromatic carbocycles. The molecule has 176 valence electrons. The van der Waals surface area contributed by atoms with Crippen LogP contribution in [-0.4, -0.2) is 9.55 Å². The molecular formula is C33H18N4S. The van der Waals surface area contributed by atoms with Gasteiger partial charge in [-0.2, -0.15) is 10.5 Å². The van der Waals surface area contributed by atoms with Gasteiger partial charge >= 0.3 is 0 Å². The number of rotatable bonds is 3. The molecule has 0 aliphatic carbocycles. The van der Waals surface area contributed by atoms with Crippen molar-refractivity contribution in [3.8, 4) is 39.5 Å². The van der Waals surface area contributed by atoms with E-state index in [0.717, 1.165) is 48.6 Å². The molecule has 0 amide bonds. The summed E-state index contributed by atoms with van der Waals surface area (Å²) >= 11 is 1.71. The molecule has 0 radical (unpaired) electrons. The number of nitriles is 2. The summed E-state index contributed by atoms with van der Waals surface area (Å²) in [5.74, 6) is 0. The number of fused-ring (bicyclic) bond motifs is 4. The van der Waals surface area contributed by atoms with Gasteiger partial charge in [0.2, 0.25) is 0 Å². The number of hydrogen-bond acceptors (Lipinski definition) is 4. The summed E-state index contributed by atoms with van der Waals surface area (Å²) in [4.78, 5) is 4.99. The van der Waals surface area contributed by atoms with E-state index in [1.165, 1.54) is 10.8 Å². The molecule has 2 aromatic heterocycles. The third kappa shape index (κ3) is 3.54. The van der Waals surface area contributed by atoms with Crippen molar-refractivity contribution in [2.75, 3.05) is 0 Å². The van der Waals surface area contributed by atoms with Crippen LogP contribution in [0.5, 0.6) is 0 Å². The van der Waals surface area contributed by atoms with E-state index in [9.17, 15) is 10.5 Å². The molecule has 0 unspecified atom stereocenters. The second-order valence-electron chi connectivity index (χ2n) is 9.15. The van der Waals surface area contributed by atoms with Gasteiger partial charge in [0.15, 0.2) is 0 Å². The predicted octanol–water partition coefficient (Wildman–Crippen LogP) is 8.47. The number of thiazole rings is 1. The van der Waals surface area contributed by atoms with Gasteiger partial charge < -0.3 is 4.57 Å². The monoisotopic (exact) mass is 502 g/mol. The van der Waals surface area contributed by atoms with E-state index in [4.69, 9.17) is 4.98 Å². The number of para-hydroxylation sites is 1. The SMILES string of the molecule is N#Cc1cc(C#N)cc(-c2cccc(-n3c4ccccc4c4cc5sc(-c6ccccc6)nc5cc43)c2)c1. The number of aromatic nitrogens is 2. The molecule has 7 rings (SSSR count). The van der Waals surface area contributed by atoms with Crippen LogP contribution in [0.4, 0.5) is 0 Å². The summed E-state index contributed by atoms with van der Waals surface area (Å²) in [6.07, 6.45) is 0. The van der Waals surface area contributed by atoms with E-state index >= 15 is 0 Å². The Bertz CT molecular complexity index is 2070. The van der Waals surface area contributed by atoms with Crippen molar-refractivity contribution in [2.45, 2.75) is 0 Å². The average Bonchev–Trinajstić information content (AvgIpc) is 3.54. The summed E-state index contributed by atoms with van der Waals surface area (Å²) in [5, 5.41) is 22.3. The molecule has 0 aliphatic heterocycles. The second-order valence-corrected chi connectivity index (χ2v) is 10.2. The van der Waals surface area contributed by atoms with Gasteiger partial charge in [0.05, 0.1) is 44.5 Å². The summed E-state index contributed by atoms with van der Waals surface area (Å²) in [7, 11) is 0. The van der Waals surface area contributed by atoms with Crippen molar-refractivity contribution in [2.24, 2.45) is 0 Å². The third-order valence-corrected chi connectivity index (χ3v) is 7.90. The van der Waals surface area contributed by atoms with Crippen molar-refractivity contribution in [3.63, 3.8) is 0 Å². The van der Waals surface area contributed by atoms with E-state index in [1.807, 2.05) is 42.5 Å². The van der Waals surface area contributed by atoms with Gasteiger partial charge in [-0.1, -0.05) is 60.7 Å². The fraction of sp³-hybridized carbons (Fsp3) is 0. The molecule has 7 aromatic rings. The van der Waals surface area contributed by atoms with E-state index in [1.54, 1.807) is 17.4 Å². The molecule has 0 saturated carbocycles. The van der Waals surface area contributed by atoms with Crippen molar-refractivity contribution in [3.05, 3.63) is 120 Å². The molecule has 0 bridgehead atoms. The third-order valence-electron chi connectivity index (χ3n) is 6.83. The van der Waals surface area contributed by atoms with Crippen LogP contribution in [-0.2, 0) is 0 Å². The van der Waals surface area contributed by atoms with Gasteiger partial charge in [0.25, 0.3) is 0 Å². The topological polar surface area (TPSA) is 65.4 Å². The summed E-state index contributed by atoms with van der Waals surface area (Å²) in [6, 6.07) is 41.0. The van der Waals surface area contributed by atoms with Crippen molar-refractivity contribution in [1.82, 2.24) is 9.55 Å². The zero-order valence-electron chi connectivity index (χ0n) is 20.1. The highest BCUT2D eigenvalue weighted by Gasteiger charge is 2.16. The Labute approximate surface area is 222 Å². The maximum atomic E-state index is 9.46. The number of hydrogen-bond donors (Lipinski definition) is 0. The molecule has 0 N–H and O–H groups in total. The fourth-order valence-corrected chi connectivity index (χ4v) is 6.11. The maximum absolute atomic E-state index is 9.46. The van der Waals surface area contributed by atoms with Crippen LogP contribution < -0.4 is 0 Å². The van der Waals surface area contributed by atoms with Crippen molar-refractivity contribution >= 4 is 43.4 Å². The highest BCUT2D eigenvalue weighted by Crippen LogP contribution is 2.38. The lowest BCUT2D eigenvalue weighted by molar-refractivity contribution is 1.18. The van der Waals surface area contributed by atoms with E-state index < -0.39 is 0 Å². The van der Waals surface area contributed by atoms with Gasteiger partial charge in [-0.25, -0.2) is 4.98 Å². The molecular weight excluding hydrogens is 484 g/mol. The van der Waals surface area contributed by atoms with Crippen LogP contribution in [0.25, 0.3) is 59.4 Å². The Morgan fingerprint density at radius 2 is 1.34 bits per heavy atom. The predicted molar refractivity (Wildman–Crippen MR) is 154 cm³/mol. The highest BCUT2D eigenvalue weighted by atomic mass is 32.1. The minimum absolute atomic E-state index is 0.474. The van der Waals surface area contributed by atoms with E-state index in [0.29, 0.717) is 11.1 Å². The zero-order valence-corrected chi connectivity index (χ0v) is 20.9. The molecule has 38 heavy (non-hydrogen) atoms. The number of nitrogens with zero attached hydrogens (tertiary/aromatic N) is 4. The quantitative estimate of drug-likeness (QED) is 0.243. The normalized spacial score (nSPS) is 11.1. The minimum atomic E-state index is 0.474. The van der Waals surface area contributed by atoms with Gasteiger partial charge in [-0.15, -0.1) is 11.3 Å². The fourth-order valence-electron chi connectivity index (χ4n) is 5.12. The van der Waals surface area contributed by atoms with Crippen LogP contribution in [0.1, 0.15) is 11.1 Å². The van der Waals surface area contributed by atoms with Crippen LogP contribution in [0.15, 0.2) is 109 Å². The molecule has 5 heteroatoms. The zero-order chi connectivity index (χ0) is 25.6. The first-order valence-electron chi connectivity index (χ1n) is 12.2. The van der Waals surface area contributed by atoms with Gasteiger partial charge in [-0.05, 0) is 59.7 Å². The van der Waals surface area contributed by atoms with Gasteiger partial charge in [-0.3, -0.25) is 0 Å². The van der Waals surface area contributed by atoms with Gasteiger partial charge in [0, 0.05) is 22.0 Å². The molecule has 0 saturated heterocycles. The first kappa shape index (κ1) is 22.0. The number of benzene rings is 5. The average molecular weight is 503 g/mol. The first-order valence-corrected chi connectivity index (χ1v) is 13.0. The first-order chi connectivity index (χ1) is 18.7. The molecule has 0 aliphatic rings. The molecule has 0 fully saturated rings. The van der Waals surface area contributed by atoms with Crippen LogP contribution in [0, 0.1) is 22.7 Å². The Hall–Kier alpha value is -5.23. The lowest BCUT2D eigenvalue weighted by atomic mass is 10.00. The summed E-state index contributed by atoms with van der Waals surface area (Å²) < 4.78 is 3.43. The van der Waals surface area contributed by atoms with E-state index in [2.05, 4.69) is 77.4 Å². The Balaban J connectivity index is 1.46. The Kier molecular flexibility index (Phi) is 5.04. The molecule has 2 heterocycles. The minimum Gasteiger partial charge on any atom is -0.309 e. The van der Waals surface area contributed by atoms with Crippen molar-refractivity contribution < 1.29 is 0 Å². The Morgan fingerprint density at radius 1 is 0.605 bits per heavy atom. The van der Waals surface area contributed by atoms with Crippen molar-refractivity contribution in [1.29, 1.82) is 10.5 Å². The lowest BCUT2D eigenvalue weighted by Crippen LogP contribution is -1.94. The highest BCUT2D eigenvalue weighted by molar-refractivity contribution is 7.21.